The summed E-state index contributed by atoms with van der Waals surface area (Å²) in [6.45, 7) is 2.75. The molecule has 0 bridgehead atoms. The van der Waals surface area contributed by atoms with Gasteiger partial charge in [-0.25, -0.2) is 0 Å². The standard InChI is InChI=1S/C19H21N3O6/c1-28-18-5-3-2-4-14(18)21-8-6-20(7-9-21)12-17(24)13-10-15(22(26)27)19(25)16(23)11-13/h2-5,10-11,23,25H,6-9,12H2,1H3. The molecule has 2 aromatic rings. The molecule has 0 atom stereocenters. The van der Waals surface area contributed by atoms with Crippen molar-refractivity contribution in [2.45, 2.75) is 0 Å². The molecule has 0 saturated carbocycles. The Bertz CT molecular complexity index is 893. The summed E-state index contributed by atoms with van der Waals surface area (Å²) in [5, 5.41) is 30.2. The van der Waals surface area contributed by atoms with Crippen LogP contribution in [0.25, 0.3) is 0 Å². The molecule has 9 heteroatoms. The summed E-state index contributed by atoms with van der Waals surface area (Å²) in [7, 11) is 1.63. The van der Waals surface area contributed by atoms with Gasteiger partial charge in [0.25, 0.3) is 0 Å². The molecule has 28 heavy (non-hydrogen) atoms. The van der Waals surface area contributed by atoms with Crippen molar-refractivity contribution < 1.29 is 24.7 Å². The largest absolute Gasteiger partial charge is 0.504 e. The quantitative estimate of drug-likeness (QED) is 0.335. The molecule has 1 fully saturated rings. The molecule has 0 spiro atoms. The number of aromatic hydroxyl groups is 2. The van der Waals surface area contributed by atoms with Gasteiger partial charge < -0.3 is 19.8 Å². The number of hydrogen-bond acceptors (Lipinski definition) is 8. The normalized spacial score (nSPS) is 14.7. The monoisotopic (exact) mass is 387 g/mol. The number of piperazine rings is 1. The van der Waals surface area contributed by atoms with Crippen molar-refractivity contribution in [1.29, 1.82) is 0 Å². The van der Waals surface area contributed by atoms with Crippen molar-refractivity contribution in [2.75, 3.05) is 44.7 Å². The molecule has 9 nitrogen and oxygen atoms in total. The van der Waals surface area contributed by atoms with E-state index in [1.54, 1.807) is 7.11 Å². The Kier molecular flexibility index (Phi) is 5.65. The summed E-state index contributed by atoms with van der Waals surface area (Å²) in [5.41, 5.74) is 0.300. The zero-order chi connectivity index (χ0) is 20.3. The third-order valence-electron chi connectivity index (χ3n) is 4.75. The number of nitro benzene ring substituents is 1. The van der Waals surface area contributed by atoms with Crippen LogP contribution in [0.5, 0.6) is 17.2 Å². The summed E-state index contributed by atoms with van der Waals surface area (Å²) in [6, 6.07) is 9.77. The Morgan fingerprint density at radius 3 is 2.50 bits per heavy atom. The molecule has 0 radical (unpaired) electrons. The van der Waals surface area contributed by atoms with Gasteiger partial charge >= 0.3 is 5.69 Å². The molecular formula is C19H21N3O6. The third kappa shape index (κ3) is 3.99. The number of phenols is 2. The molecule has 1 heterocycles. The van der Waals surface area contributed by atoms with Gasteiger partial charge in [0.15, 0.2) is 11.5 Å². The maximum absolute atomic E-state index is 12.5. The van der Waals surface area contributed by atoms with Crippen molar-refractivity contribution in [3.05, 3.63) is 52.1 Å². The van der Waals surface area contributed by atoms with E-state index in [2.05, 4.69) is 4.90 Å². The maximum Gasteiger partial charge on any atom is 0.315 e. The molecule has 3 rings (SSSR count). The molecular weight excluding hydrogens is 366 g/mol. The second-order valence-electron chi connectivity index (χ2n) is 6.48. The fraction of sp³-hybridized carbons (Fsp3) is 0.316. The zero-order valence-corrected chi connectivity index (χ0v) is 15.4. The van der Waals surface area contributed by atoms with E-state index >= 15 is 0 Å². The number of carbonyl (C=O) groups is 1. The summed E-state index contributed by atoms with van der Waals surface area (Å²) < 4.78 is 5.39. The number of rotatable bonds is 6. The lowest BCUT2D eigenvalue weighted by molar-refractivity contribution is -0.386. The van der Waals surface area contributed by atoms with E-state index in [9.17, 15) is 25.1 Å². The highest BCUT2D eigenvalue weighted by atomic mass is 16.6. The Balaban J connectivity index is 1.65. The fourth-order valence-corrected chi connectivity index (χ4v) is 3.24. The average Bonchev–Trinajstić information content (AvgIpc) is 2.70. The summed E-state index contributed by atoms with van der Waals surface area (Å²) >= 11 is 0. The first-order chi connectivity index (χ1) is 13.4. The lowest BCUT2D eigenvalue weighted by Crippen LogP contribution is -2.48. The molecule has 0 aromatic heterocycles. The van der Waals surface area contributed by atoms with Crippen LogP contribution < -0.4 is 9.64 Å². The SMILES string of the molecule is COc1ccccc1N1CCN(CC(=O)c2cc(O)c(O)c([N+](=O)[O-])c2)CC1. The highest BCUT2D eigenvalue weighted by molar-refractivity contribution is 5.99. The first kappa shape index (κ1) is 19.4. The van der Waals surface area contributed by atoms with Gasteiger partial charge in [0.1, 0.15) is 5.75 Å². The lowest BCUT2D eigenvalue weighted by Gasteiger charge is -2.36. The number of nitro groups is 1. The number of carbonyl (C=O) groups excluding carboxylic acids is 1. The van der Waals surface area contributed by atoms with Crippen LogP contribution in [0.1, 0.15) is 10.4 Å². The van der Waals surface area contributed by atoms with Gasteiger partial charge in [-0.05, 0) is 18.2 Å². The number of ether oxygens (including phenoxy) is 1. The van der Waals surface area contributed by atoms with E-state index < -0.39 is 22.1 Å². The number of Topliss-reactive ketones (excluding diaryl/α,β-unsaturated/α-hetero) is 1. The summed E-state index contributed by atoms with van der Waals surface area (Å²) in [4.78, 5) is 26.8. The average molecular weight is 387 g/mol. The van der Waals surface area contributed by atoms with E-state index in [1.165, 1.54) is 0 Å². The van der Waals surface area contributed by atoms with Crippen LogP contribution in [0, 0.1) is 10.1 Å². The second-order valence-corrected chi connectivity index (χ2v) is 6.48. The number of hydrogen-bond donors (Lipinski definition) is 2. The Labute approximate surface area is 161 Å². The second kappa shape index (κ2) is 8.13. The number of anilines is 1. The summed E-state index contributed by atoms with van der Waals surface area (Å²) in [5.74, 6) is -1.09. The molecule has 148 valence electrons. The Morgan fingerprint density at radius 2 is 1.86 bits per heavy atom. The molecule has 1 aliphatic rings. The van der Waals surface area contributed by atoms with Crippen molar-refractivity contribution in [2.24, 2.45) is 0 Å². The zero-order valence-electron chi connectivity index (χ0n) is 15.4. The van der Waals surface area contributed by atoms with E-state index in [0.29, 0.717) is 26.2 Å². The van der Waals surface area contributed by atoms with Crippen molar-refractivity contribution >= 4 is 17.2 Å². The van der Waals surface area contributed by atoms with Gasteiger partial charge in [-0.1, -0.05) is 12.1 Å². The number of ketones is 1. The van der Waals surface area contributed by atoms with Crippen molar-refractivity contribution in [3.8, 4) is 17.2 Å². The smallest absolute Gasteiger partial charge is 0.315 e. The first-order valence-corrected chi connectivity index (χ1v) is 8.74. The predicted octanol–water partition coefficient (Wildman–Crippen LogP) is 2.02. The van der Waals surface area contributed by atoms with Crippen molar-refractivity contribution in [3.63, 3.8) is 0 Å². The molecule has 0 aliphatic carbocycles. The third-order valence-corrected chi connectivity index (χ3v) is 4.75. The minimum atomic E-state index is -0.841. The van der Waals surface area contributed by atoms with Crippen LogP contribution in [0.4, 0.5) is 11.4 Å². The molecule has 2 aromatic carbocycles. The summed E-state index contributed by atoms with van der Waals surface area (Å²) in [6.07, 6.45) is 0. The minimum absolute atomic E-state index is 0.00541. The Hall–Kier alpha value is -3.33. The van der Waals surface area contributed by atoms with Crippen LogP contribution in [-0.4, -0.2) is 65.7 Å². The van der Waals surface area contributed by atoms with Gasteiger partial charge in [0.05, 0.1) is 24.3 Å². The van der Waals surface area contributed by atoms with Crippen LogP contribution in [0.3, 0.4) is 0 Å². The molecule has 2 N–H and O–H groups in total. The van der Waals surface area contributed by atoms with E-state index in [4.69, 9.17) is 4.74 Å². The lowest BCUT2D eigenvalue weighted by atomic mass is 10.1. The number of para-hydroxylation sites is 2. The number of benzene rings is 2. The number of nitrogens with zero attached hydrogens (tertiary/aromatic N) is 3. The molecule has 1 aliphatic heterocycles. The molecule has 1 saturated heterocycles. The van der Waals surface area contributed by atoms with Gasteiger partial charge in [0.2, 0.25) is 5.75 Å². The van der Waals surface area contributed by atoms with Crippen LogP contribution >= 0.6 is 0 Å². The van der Waals surface area contributed by atoms with Crippen molar-refractivity contribution in [1.82, 2.24) is 4.90 Å². The molecule has 0 amide bonds. The van der Waals surface area contributed by atoms with Crippen LogP contribution in [0.2, 0.25) is 0 Å². The van der Waals surface area contributed by atoms with Gasteiger partial charge in [-0.3, -0.25) is 19.8 Å². The van der Waals surface area contributed by atoms with E-state index in [1.807, 2.05) is 29.2 Å². The fourth-order valence-electron chi connectivity index (χ4n) is 3.24. The first-order valence-electron chi connectivity index (χ1n) is 8.74. The Morgan fingerprint density at radius 1 is 1.18 bits per heavy atom. The minimum Gasteiger partial charge on any atom is -0.504 e. The maximum atomic E-state index is 12.5. The topological polar surface area (TPSA) is 116 Å². The van der Waals surface area contributed by atoms with Gasteiger partial charge in [-0.2, -0.15) is 0 Å². The highest BCUT2D eigenvalue weighted by Crippen LogP contribution is 2.36. The predicted molar refractivity (Wildman–Crippen MR) is 102 cm³/mol. The van der Waals surface area contributed by atoms with Gasteiger partial charge in [0, 0.05) is 37.8 Å². The van der Waals surface area contributed by atoms with E-state index in [-0.39, 0.29) is 17.9 Å². The number of phenolic OH excluding ortho intramolecular Hbond substituents is 2. The van der Waals surface area contributed by atoms with Crippen LogP contribution in [0.15, 0.2) is 36.4 Å². The van der Waals surface area contributed by atoms with Gasteiger partial charge in [-0.15, -0.1) is 0 Å². The highest BCUT2D eigenvalue weighted by Gasteiger charge is 2.25. The van der Waals surface area contributed by atoms with Crippen LogP contribution in [-0.2, 0) is 0 Å². The number of methoxy groups -OCH3 is 1. The molecule has 0 unspecified atom stereocenters. The van der Waals surface area contributed by atoms with E-state index in [0.717, 1.165) is 23.6 Å².